The van der Waals surface area contributed by atoms with Gasteiger partial charge in [0.15, 0.2) is 5.17 Å². The first-order chi connectivity index (χ1) is 22.9. The molecule has 1 unspecified atom stereocenters. The molecule has 3 aliphatic rings. The number of benzene rings is 2. The molecule has 3 aliphatic heterocycles. The Morgan fingerprint density at radius 3 is 2.53 bits per heavy atom. The fourth-order valence-electron chi connectivity index (χ4n) is 5.01. The normalized spacial score (nSPS) is 19.1. The number of rotatable bonds is 12. The molecule has 3 heterocycles. The van der Waals surface area contributed by atoms with E-state index in [4.69, 9.17) is 14.5 Å². The van der Waals surface area contributed by atoms with E-state index in [-0.39, 0.29) is 37.2 Å². The third-order valence-electron chi connectivity index (χ3n) is 7.57. The van der Waals surface area contributed by atoms with Crippen LogP contribution in [0.5, 0.6) is 0 Å². The van der Waals surface area contributed by atoms with Crippen LogP contribution in [0.4, 0.5) is 11.4 Å². The van der Waals surface area contributed by atoms with Crippen molar-refractivity contribution in [3.8, 4) is 0 Å². The van der Waals surface area contributed by atoms with Gasteiger partial charge in [0.05, 0.1) is 44.7 Å². The lowest BCUT2D eigenvalue weighted by atomic mass is 10.1. The van der Waals surface area contributed by atoms with Crippen LogP contribution in [0.2, 0.25) is 0 Å². The number of allylic oxidation sites excluding steroid dienone is 5. The van der Waals surface area contributed by atoms with Crippen LogP contribution in [0.1, 0.15) is 18.9 Å². The van der Waals surface area contributed by atoms with E-state index in [0.29, 0.717) is 35.4 Å². The van der Waals surface area contributed by atoms with Crippen LogP contribution < -0.4 is 15.5 Å². The lowest BCUT2D eigenvalue weighted by Crippen LogP contribution is -2.37. The fraction of sp³-hybridized carbons (Fsp3) is 0.278. The second-order valence-electron chi connectivity index (χ2n) is 11.0. The van der Waals surface area contributed by atoms with Crippen molar-refractivity contribution in [1.82, 2.24) is 15.5 Å². The minimum Gasteiger partial charge on any atom is -0.468 e. The Balaban J connectivity index is 1.22. The Labute approximate surface area is 279 Å². The van der Waals surface area contributed by atoms with Gasteiger partial charge in [0.1, 0.15) is 11.0 Å². The van der Waals surface area contributed by atoms with Crippen molar-refractivity contribution >= 4 is 46.0 Å². The monoisotopic (exact) mass is 653 g/mol. The number of thioether (sulfide) groups is 1. The van der Waals surface area contributed by atoms with Crippen LogP contribution in [-0.2, 0) is 30.3 Å². The second kappa shape index (κ2) is 16.6. The van der Waals surface area contributed by atoms with Crippen molar-refractivity contribution in [2.24, 2.45) is 4.99 Å². The average Bonchev–Trinajstić information content (AvgIpc) is 3.40. The molecule has 2 N–H and O–H groups in total. The Bertz CT molecular complexity index is 1610. The van der Waals surface area contributed by atoms with E-state index in [1.165, 1.54) is 11.8 Å². The summed E-state index contributed by atoms with van der Waals surface area (Å²) in [6.45, 7) is 9.16. The number of nitrogens with zero attached hydrogens (tertiary/aromatic N) is 3. The topological polar surface area (TPSA) is 113 Å². The minimum atomic E-state index is -0.608. The highest BCUT2D eigenvalue weighted by molar-refractivity contribution is 8.15. The zero-order valence-electron chi connectivity index (χ0n) is 26.4. The average molecular weight is 654 g/mol. The largest absolute Gasteiger partial charge is 0.468 e. The van der Waals surface area contributed by atoms with E-state index in [1.807, 2.05) is 66.7 Å². The van der Waals surface area contributed by atoms with Gasteiger partial charge in [-0.1, -0.05) is 60.8 Å². The number of anilines is 1. The maximum atomic E-state index is 13.7. The number of nitrogens with one attached hydrogen (secondary N) is 2. The Morgan fingerprint density at radius 2 is 1.83 bits per heavy atom. The molecule has 0 radical (unpaired) electrons. The van der Waals surface area contributed by atoms with Crippen LogP contribution >= 0.6 is 11.8 Å². The molecule has 0 saturated carbocycles. The summed E-state index contributed by atoms with van der Waals surface area (Å²) in [6, 6.07) is 17.3. The molecule has 47 heavy (non-hydrogen) atoms. The van der Waals surface area contributed by atoms with Gasteiger partial charge in [-0.05, 0) is 67.0 Å². The summed E-state index contributed by atoms with van der Waals surface area (Å²) in [5.41, 5.74) is 3.78. The van der Waals surface area contributed by atoms with Gasteiger partial charge in [-0.3, -0.25) is 19.3 Å². The Kier molecular flexibility index (Phi) is 11.8. The molecule has 5 rings (SSSR count). The van der Waals surface area contributed by atoms with Crippen molar-refractivity contribution < 1.29 is 23.9 Å². The fourth-order valence-corrected chi connectivity index (χ4v) is 6.12. The van der Waals surface area contributed by atoms with Crippen molar-refractivity contribution in [3.63, 3.8) is 0 Å². The number of amides is 3. The lowest BCUT2D eigenvalue weighted by Gasteiger charge is -2.28. The van der Waals surface area contributed by atoms with Gasteiger partial charge in [-0.25, -0.2) is 4.99 Å². The third kappa shape index (κ3) is 9.57. The van der Waals surface area contributed by atoms with Crippen molar-refractivity contribution in [2.45, 2.75) is 25.0 Å². The van der Waals surface area contributed by atoms with Gasteiger partial charge in [-0.2, -0.15) is 0 Å². The van der Waals surface area contributed by atoms with Gasteiger partial charge >= 0.3 is 0 Å². The second-order valence-corrected chi connectivity index (χ2v) is 12.0. The summed E-state index contributed by atoms with van der Waals surface area (Å²) < 4.78 is 11.1. The van der Waals surface area contributed by atoms with Gasteiger partial charge < -0.3 is 25.0 Å². The first kappa shape index (κ1) is 33.5. The molecule has 2 aromatic carbocycles. The summed E-state index contributed by atoms with van der Waals surface area (Å²) in [7, 11) is 0. The van der Waals surface area contributed by atoms with E-state index >= 15 is 0 Å². The molecule has 244 valence electrons. The summed E-state index contributed by atoms with van der Waals surface area (Å²) in [6.07, 6.45) is 11.5. The number of morpholine rings is 1. The summed E-state index contributed by atoms with van der Waals surface area (Å²) in [5.74, 6) is -0.0846. The van der Waals surface area contributed by atoms with Gasteiger partial charge in [-0.15, -0.1) is 0 Å². The third-order valence-corrected chi connectivity index (χ3v) is 8.83. The summed E-state index contributed by atoms with van der Waals surface area (Å²) >= 11 is 1.33. The predicted molar refractivity (Wildman–Crippen MR) is 186 cm³/mol. The smallest absolute Gasteiger partial charge is 0.247 e. The number of ether oxygens (including phenoxy) is 2. The van der Waals surface area contributed by atoms with Crippen molar-refractivity contribution in [1.29, 1.82) is 0 Å². The molecule has 3 amide bonds. The van der Waals surface area contributed by atoms with Gasteiger partial charge in [0.2, 0.25) is 17.7 Å². The maximum Gasteiger partial charge on any atom is 0.247 e. The molecule has 2 saturated heterocycles. The summed E-state index contributed by atoms with van der Waals surface area (Å²) in [4.78, 5) is 47.3. The lowest BCUT2D eigenvalue weighted by molar-refractivity contribution is -0.125. The first-order valence-corrected chi connectivity index (χ1v) is 16.4. The molecule has 1 atom stereocenters. The van der Waals surface area contributed by atoms with Gasteiger partial charge in [0.25, 0.3) is 0 Å². The molecular formula is C36H39N5O5S. The Hall–Kier alpha value is -4.87. The highest BCUT2D eigenvalue weighted by atomic mass is 32.2. The van der Waals surface area contributed by atoms with Crippen LogP contribution in [-0.4, -0.2) is 72.4 Å². The molecule has 0 bridgehead atoms. The molecular weight excluding hydrogens is 614 g/mol. The predicted octanol–water partition coefficient (Wildman–Crippen LogP) is 4.76. The standard InChI is InChI=1S/C36H39N5O5S/c1-3-28(38-33(43)24-37-32(42)23-27-9-5-4-6-10-27)13-12-26(2)34-35(44)41(25-31-11-7-8-20-46-31)36(47-34)39-29-14-16-30(17-15-29)40-18-21-45-22-19-40/h3-6,8-17,20,34H,2,7,18-19,21-25H2,1H3,(H,37,42)(H,38,43)/b13-12-,28-3+,39-36?. The number of hydrogen-bond donors (Lipinski definition) is 2. The van der Waals surface area contributed by atoms with Crippen molar-refractivity contribution in [3.05, 3.63) is 120 Å². The van der Waals surface area contributed by atoms with Crippen molar-refractivity contribution in [2.75, 3.05) is 44.3 Å². The number of carbonyl (C=O) groups is 3. The quantitative estimate of drug-likeness (QED) is 0.318. The molecule has 10 nitrogen and oxygen atoms in total. The van der Waals surface area contributed by atoms with Crippen LogP contribution in [0.15, 0.2) is 120 Å². The molecule has 2 fully saturated rings. The highest BCUT2D eigenvalue weighted by Crippen LogP contribution is 2.35. The number of aliphatic imine (C=N–C) groups is 1. The number of hydrogen-bond acceptors (Lipinski definition) is 8. The Morgan fingerprint density at radius 1 is 1.06 bits per heavy atom. The number of carbonyl (C=O) groups excluding carboxylic acids is 3. The zero-order chi connectivity index (χ0) is 33.0. The molecule has 11 heteroatoms. The van der Waals surface area contributed by atoms with E-state index in [9.17, 15) is 14.4 Å². The maximum absolute atomic E-state index is 13.7. The highest BCUT2D eigenvalue weighted by Gasteiger charge is 2.39. The van der Waals surface area contributed by atoms with E-state index in [0.717, 1.165) is 36.4 Å². The van der Waals surface area contributed by atoms with E-state index < -0.39 is 5.25 Å². The first-order valence-electron chi connectivity index (χ1n) is 15.5. The van der Waals surface area contributed by atoms with Crippen LogP contribution in [0, 0.1) is 0 Å². The van der Waals surface area contributed by atoms with E-state index in [2.05, 4.69) is 22.1 Å². The van der Waals surface area contributed by atoms with E-state index in [1.54, 1.807) is 36.3 Å². The van der Waals surface area contributed by atoms with Crippen LogP contribution in [0.3, 0.4) is 0 Å². The minimum absolute atomic E-state index is 0.153. The molecule has 2 aromatic rings. The molecule has 0 aliphatic carbocycles. The van der Waals surface area contributed by atoms with Gasteiger partial charge in [0, 0.05) is 24.5 Å². The zero-order valence-corrected chi connectivity index (χ0v) is 27.2. The SMILES string of the molecule is C=C(/C=C\C(=C/C)NC(=O)CNC(=O)Cc1ccccc1)C1SC(=Nc2ccc(N3CCOCC3)cc2)N(CC2=CCC=CO2)C1=O. The van der Waals surface area contributed by atoms with Crippen LogP contribution in [0.25, 0.3) is 0 Å². The number of amidine groups is 1. The molecule has 0 spiro atoms. The molecule has 0 aromatic heterocycles. The summed E-state index contributed by atoms with van der Waals surface area (Å²) in [5, 5.41) is 5.38.